The molecule has 0 saturated carbocycles. The Balaban J connectivity index is 1.65. The van der Waals surface area contributed by atoms with Crippen molar-refractivity contribution in [2.45, 2.75) is 11.2 Å². The van der Waals surface area contributed by atoms with E-state index < -0.39 is 17.6 Å². The summed E-state index contributed by atoms with van der Waals surface area (Å²) in [4.78, 5) is 12.1. The molecule has 0 spiro atoms. The van der Waals surface area contributed by atoms with E-state index in [1.807, 2.05) is 0 Å². The summed E-state index contributed by atoms with van der Waals surface area (Å²) in [7, 11) is 3.09. The molecule has 0 unspecified atom stereocenters. The highest BCUT2D eigenvalue weighted by molar-refractivity contribution is 7.99. The van der Waals surface area contributed by atoms with Gasteiger partial charge in [0.1, 0.15) is 16.5 Å². The second-order valence-corrected chi connectivity index (χ2v) is 7.20. The molecular formula is C21H18F3N3O3S. The number of aromatic nitrogens is 2. The average Bonchev–Trinajstić information content (AvgIpc) is 2.77. The number of ether oxygens (including phenoxy) is 2. The largest absolute Gasteiger partial charge is 0.497 e. The summed E-state index contributed by atoms with van der Waals surface area (Å²) in [6.07, 6.45) is -4.55. The topological polar surface area (TPSA) is 73.3 Å². The van der Waals surface area contributed by atoms with Crippen LogP contribution >= 0.6 is 11.8 Å². The fourth-order valence-electron chi connectivity index (χ4n) is 2.72. The van der Waals surface area contributed by atoms with Gasteiger partial charge in [-0.2, -0.15) is 13.2 Å². The Morgan fingerprint density at radius 2 is 1.81 bits per heavy atom. The third kappa shape index (κ3) is 5.66. The molecule has 31 heavy (non-hydrogen) atoms. The van der Waals surface area contributed by atoms with E-state index in [9.17, 15) is 18.0 Å². The second-order valence-electron chi connectivity index (χ2n) is 6.20. The summed E-state index contributed by atoms with van der Waals surface area (Å²) >= 11 is 1.06. The Bertz CT molecular complexity index is 1060. The van der Waals surface area contributed by atoms with Gasteiger partial charge in [-0.05, 0) is 36.4 Å². The van der Waals surface area contributed by atoms with Crippen molar-refractivity contribution in [3.8, 4) is 22.8 Å². The van der Waals surface area contributed by atoms with Gasteiger partial charge in [-0.15, -0.1) is 10.2 Å². The van der Waals surface area contributed by atoms with Crippen LogP contribution in [0.15, 0.2) is 59.6 Å². The minimum absolute atomic E-state index is 0.119. The third-order valence-corrected chi connectivity index (χ3v) is 5.10. The normalized spacial score (nSPS) is 11.1. The maximum absolute atomic E-state index is 13.0. The van der Waals surface area contributed by atoms with Gasteiger partial charge in [0.15, 0.2) is 0 Å². The van der Waals surface area contributed by atoms with Crippen molar-refractivity contribution in [1.82, 2.24) is 10.2 Å². The number of nitrogens with zero attached hydrogens (tertiary/aromatic N) is 2. The summed E-state index contributed by atoms with van der Waals surface area (Å²) in [5, 5.41) is 11.0. The molecule has 2 aromatic carbocycles. The summed E-state index contributed by atoms with van der Waals surface area (Å²) in [5.41, 5.74) is 0.0980. The number of carbonyl (C=O) groups is 1. The lowest BCUT2D eigenvalue weighted by Gasteiger charge is -2.13. The Morgan fingerprint density at radius 1 is 1.03 bits per heavy atom. The maximum atomic E-state index is 13.0. The van der Waals surface area contributed by atoms with E-state index in [0.29, 0.717) is 27.8 Å². The van der Waals surface area contributed by atoms with Gasteiger partial charge in [0.05, 0.1) is 36.9 Å². The van der Waals surface area contributed by atoms with Gasteiger partial charge in [0.25, 0.3) is 0 Å². The van der Waals surface area contributed by atoms with Gasteiger partial charge < -0.3 is 14.8 Å². The number of rotatable bonds is 7. The van der Waals surface area contributed by atoms with Crippen molar-refractivity contribution in [2.75, 3.05) is 25.3 Å². The van der Waals surface area contributed by atoms with E-state index in [-0.39, 0.29) is 11.4 Å². The number of para-hydroxylation sites is 1. The van der Waals surface area contributed by atoms with E-state index in [4.69, 9.17) is 9.47 Å². The molecule has 0 aliphatic carbocycles. The first-order valence-electron chi connectivity index (χ1n) is 8.97. The molecule has 0 radical (unpaired) electrons. The Morgan fingerprint density at radius 3 is 2.45 bits per heavy atom. The highest BCUT2D eigenvalue weighted by atomic mass is 32.2. The summed E-state index contributed by atoms with van der Waals surface area (Å²) in [5.74, 6) is 0.506. The van der Waals surface area contributed by atoms with E-state index in [1.54, 1.807) is 37.4 Å². The molecule has 0 fully saturated rings. The van der Waals surface area contributed by atoms with Crippen LogP contribution in [0.3, 0.4) is 0 Å². The fraction of sp³-hybridized carbons (Fsp3) is 0.190. The first-order valence-corrected chi connectivity index (χ1v) is 9.95. The van der Waals surface area contributed by atoms with Crippen LogP contribution in [0.25, 0.3) is 11.3 Å². The summed E-state index contributed by atoms with van der Waals surface area (Å²) in [6, 6.07) is 13.5. The van der Waals surface area contributed by atoms with Crippen LogP contribution < -0.4 is 14.8 Å². The molecule has 10 heteroatoms. The highest BCUT2D eigenvalue weighted by Crippen LogP contribution is 2.35. The molecule has 3 aromatic rings. The summed E-state index contributed by atoms with van der Waals surface area (Å²) < 4.78 is 49.6. The van der Waals surface area contributed by atoms with Crippen LogP contribution in [0.5, 0.6) is 11.5 Å². The molecule has 0 saturated heterocycles. The standard InChI is InChI=1S/C21H18F3N3O3S/c1-29-13-7-8-14(18(11-13)30-2)16-9-10-20(27-26-16)31-12-19(28)25-17-6-4-3-5-15(17)21(22,23)24/h3-11H,12H2,1-2H3,(H,25,28). The number of alkyl halides is 3. The van der Waals surface area contributed by atoms with Crippen LogP contribution in [0.4, 0.5) is 18.9 Å². The number of thioether (sulfide) groups is 1. The maximum Gasteiger partial charge on any atom is 0.418 e. The van der Waals surface area contributed by atoms with Crippen molar-refractivity contribution in [3.05, 3.63) is 60.2 Å². The Labute approximate surface area is 180 Å². The smallest absolute Gasteiger partial charge is 0.418 e. The van der Waals surface area contributed by atoms with Crippen LogP contribution in [0.2, 0.25) is 0 Å². The lowest BCUT2D eigenvalue weighted by molar-refractivity contribution is -0.137. The molecular weight excluding hydrogens is 431 g/mol. The third-order valence-electron chi connectivity index (χ3n) is 4.18. The van der Waals surface area contributed by atoms with E-state index in [2.05, 4.69) is 15.5 Å². The Hall–Kier alpha value is -3.27. The van der Waals surface area contributed by atoms with Crippen LogP contribution in [0.1, 0.15) is 5.56 Å². The highest BCUT2D eigenvalue weighted by Gasteiger charge is 2.33. The van der Waals surface area contributed by atoms with Gasteiger partial charge >= 0.3 is 6.18 Å². The molecule has 1 amide bonds. The van der Waals surface area contributed by atoms with Crippen molar-refractivity contribution < 1.29 is 27.4 Å². The van der Waals surface area contributed by atoms with Crippen molar-refractivity contribution in [1.29, 1.82) is 0 Å². The zero-order chi connectivity index (χ0) is 22.4. The molecule has 3 rings (SSSR count). The first kappa shape index (κ1) is 22.4. The number of anilines is 1. The van der Waals surface area contributed by atoms with Gasteiger partial charge in [0.2, 0.25) is 5.91 Å². The lowest BCUT2D eigenvalue weighted by atomic mass is 10.1. The Kier molecular flexibility index (Phi) is 7.01. The number of hydrogen-bond acceptors (Lipinski definition) is 6. The van der Waals surface area contributed by atoms with E-state index in [1.165, 1.54) is 25.3 Å². The molecule has 162 valence electrons. The van der Waals surface area contributed by atoms with Crippen LogP contribution in [-0.2, 0) is 11.0 Å². The molecule has 1 N–H and O–H groups in total. The minimum Gasteiger partial charge on any atom is -0.497 e. The minimum atomic E-state index is -4.55. The number of amides is 1. The number of nitrogens with one attached hydrogen (secondary N) is 1. The second kappa shape index (κ2) is 9.69. The SMILES string of the molecule is COc1ccc(-c2ccc(SCC(=O)Nc3ccccc3C(F)(F)F)nn2)c(OC)c1. The van der Waals surface area contributed by atoms with Gasteiger partial charge in [0, 0.05) is 11.6 Å². The molecule has 0 atom stereocenters. The summed E-state index contributed by atoms with van der Waals surface area (Å²) in [6.45, 7) is 0. The quantitative estimate of drug-likeness (QED) is 0.517. The van der Waals surface area contributed by atoms with Gasteiger partial charge in [-0.3, -0.25) is 4.79 Å². The molecule has 0 aliphatic rings. The molecule has 0 aliphatic heterocycles. The predicted molar refractivity (Wildman–Crippen MR) is 111 cm³/mol. The fourth-order valence-corrected chi connectivity index (χ4v) is 3.33. The van der Waals surface area contributed by atoms with Crippen molar-refractivity contribution >= 4 is 23.4 Å². The molecule has 1 heterocycles. The van der Waals surface area contributed by atoms with Crippen LogP contribution in [-0.4, -0.2) is 36.1 Å². The van der Waals surface area contributed by atoms with Crippen molar-refractivity contribution in [3.63, 3.8) is 0 Å². The zero-order valence-electron chi connectivity index (χ0n) is 16.6. The predicted octanol–water partition coefficient (Wildman–Crippen LogP) is 4.91. The van der Waals surface area contributed by atoms with Crippen molar-refractivity contribution in [2.24, 2.45) is 0 Å². The molecule has 6 nitrogen and oxygen atoms in total. The number of methoxy groups -OCH3 is 2. The number of hydrogen-bond donors (Lipinski definition) is 1. The van der Waals surface area contributed by atoms with Gasteiger partial charge in [-0.1, -0.05) is 23.9 Å². The van der Waals surface area contributed by atoms with Crippen LogP contribution in [0, 0.1) is 0 Å². The van der Waals surface area contributed by atoms with E-state index >= 15 is 0 Å². The van der Waals surface area contributed by atoms with E-state index in [0.717, 1.165) is 17.8 Å². The number of benzene rings is 2. The number of halogens is 3. The van der Waals surface area contributed by atoms with Gasteiger partial charge in [-0.25, -0.2) is 0 Å². The first-order chi connectivity index (χ1) is 14.8. The average molecular weight is 449 g/mol. The lowest BCUT2D eigenvalue weighted by Crippen LogP contribution is -2.18. The molecule has 1 aromatic heterocycles. The zero-order valence-corrected chi connectivity index (χ0v) is 17.4. The molecule has 0 bridgehead atoms. The monoisotopic (exact) mass is 449 g/mol. The number of carbonyl (C=O) groups excluding carboxylic acids is 1.